The molecule has 0 heterocycles. The first-order valence-corrected chi connectivity index (χ1v) is 15.0. The zero-order valence-corrected chi connectivity index (χ0v) is 26.7. The maximum absolute atomic E-state index is 13.5. The molecule has 3 rings (SSSR count). The van der Waals surface area contributed by atoms with Gasteiger partial charge in [0.1, 0.15) is 11.8 Å². The molecule has 3 atom stereocenters. The van der Waals surface area contributed by atoms with Crippen molar-refractivity contribution in [2.45, 2.75) is 65.5 Å². The number of ether oxygens (including phenoxy) is 2. The SMILES string of the molecule is COCC(NC(=O)C(NC(=O)C(CCCc1ccc(-c2cccc(OC)c2)c(C)c1)CC(=O)O)C(C)(C)C)c1ccccc1. The number of amides is 2. The summed E-state index contributed by atoms with van der Waals surface area (Å²) >= 11 is 0. The van der Waals surface area contributed by atoms with Crippen molar-refractivity contribution in [3.8, 4) is 16.9 Å². The molecule has 0 aliphatic rings. The van der Waals surface area contributed by atoms with Crippen LogP contribution in [0.25, 0.3) is 11.1 Å². The number of rotatable bonds is 15. The van der Waals surface area contributed by atoms with E-state index < -0.39 is 35.3 Å². The average Bonchev–Trinajstić information content (AvgIpc) is 2.98. The molecule has 0 saturated carbocycles. The lowest BCUT2D eigenvalue weighted by Gasteiger charge is -2.33. The molecule has 0 radical (unpaired) electrons. The fourth-order valence-electron chi connectivity index (χ4n) is 5.35. The van der Waals surface area contributed by atoms with Crippen molar-refractivity contribution in [3.63, 3.8) is 0 Å². The number of aliphatic carboxylic acids is 1. The van der Waals surface area contributed by atoms with Gasteiger partial charge in [0, 0.05) is 13.0 Å². The van der Waals surface area contributed by atoms with E-state index in [-0.39, 0.29) is 18.9 Å². The van der Waals surface area contributed by atoms with Crippen molar-refractivity contribution >= 4 is 17.8 Å². The molecule has 3 unspecified atom stereocenters. The van der Waals surface area contributed by atoms with E-state index in [1.807, 2.05) is 75.4 Å². The lowest BCUT2D eigenvalue weighted by atomic mass is 9.85. The highest BCUT2D eigenvalue weighted by Gasteiger charge is 2.36. The van der Waals surface area contributed by atoms with Crippen molar-refractivity contribution < 1.29 is 29.0 Å². The number of methoxy groups -OCH3 is 2. The number of hydrogen-bond acceptors (Lipinski definition) is 5. The second kappa shape index (κ2) is 16.1. The molecule has 3 N–H and O–H groups in total. The van der Waals surface area contributed by atoms with Gasteiger partial charge < -0.3 is 25.2 Å². The molecular weight excluding hydrogens is 556 g/mol. The molecule has 8 heteroatoms. The Balaban J connectivity index is 1.68. The minimum atomic E-state index is -1.05. The third-order valence-electron chi connectivity index (χ3n) is 7.75. The fraction of sp³-hybridized carbons (Fsp3) is 0.417. The zero-order chi connectivity index (χ0) is 32.3. The van der Waals surface area contributed by atoms with Gasteiger partial charge in [-0.05, 0) is 71.6 Å². The summed E-state index contributed by atoms with van der Waals surface area (Å²) in [6, 6.07) is 22.4. The summed E-state index contributed by atoms with van der Waals surface area (Å²) in [6.45, 7) is 7.94. The van der Waals surface area contributed by atoms with Crippen molar-refractivity contribution in [2.24, 2.45) is 11.3 Å². The van der Waals surface area contributed by atoms with Gasteiger partial charge in [0.2, 0.25) is 11.8 Å². The van der Waals surface area contributed by atoms with Gasteiger partial charge in [-0.25, -0.2) is 0 Å². The molecule has 0 bridgehead atoms. The first-order chi connectivity index (χ1) is 20.9. The minimum absolute atomic E-state index is 0.266. The number of nitrogens with one attached hydrogen (secondary N) is 2. The van der Waals surface area contributed by atoms with Crippen LogP contribution in [-0.4, -0.2) is 49.8 Å². The second-order valence-electron chi connectivity index (χ2n) is 12.3. The Morgan fingerprint density at radius 1 is 0.886 bits per heavy atom. The van der Waals surface area contributed by atoms with Gasteiger partial charge in [0.25, 0.3) is 0 Å². The number of carboxylic acid groups (broad SMARTS) is 1. The summed E-state index contributed by atoms with van der Waals surface area (Å²) in [7, 11) is 3.22. The third-order valence-corrected chi connectivity index (χ3v) is 7.75. The van der Waals surface area contributed by atoms with Crippen LogP contribution in [0.15, 0.2) is 72.8 Å². The molecular formula is C36H46N2O6. The van der Waals surface area contributed by atoms with Gasteiger partial charge in [0.15, 0.2) is 0 Å². The number of carbonyl (C=O) groups is 3. The maximum atomic E-state index is 13.5. The fourth-order valence-corrected chi connectivity index (χ4v) is 5.35. The normalized spacial score (nSPS) is 13.4. The molecule has 44 heavy (non-hydrogen) atoms. The number of aryl methyl sites for hydroxylation is 2. The van der Waals surface area contributed by atoms with Crippen LogP contribution in [0.1, 0.15) is 62.8 Å². The minimum Gasteiger partial charge on any atom is -0.497 e. The predicted molar refractivity (Wildman–Crippen MR) is 172 cm³/mol. The van der Waals surface area contributed by atoms with Gasteiger partial charge in [-0.1, -0.05) is 81.4 Å². The Bertz CT molecular complexity index is 1400. The highest BCUT2D eigenvalue weighted by Crippen LogP contribution is 2.28. The Morgan fingerprint density at radius 2 is 1.61 bits per heavy atom. The molecule has 0 fully saturated rings. The lowest BCUT2D eigenvalue weighted by molar-refractivity contribution is -0.142. The molecule has 0 spiro atoms. The van der Waals surface area contributed by atoms with Gasteiger partial charge >= 0.3 is 5.97 Å². The van der Waals surface area contributed by atoms with E-state index in [1.54, 1.807) is 14.2 Å². The zero-order valence-electron chi connectivity index (χ0n) is 26.7. The van der Waals surface area contributed by atoms with Crippen LogP contribution in [0.4, 0.5) is 0 Å². The van der Waals surface area contributed by atoms with Crippen LogP contribution in [0, 0.1) is 18.3 Å². The van der Waals surface area contributed by atoms with Crippen LogP contribution in [0.2, 0.25) is 0 Å². The topological polar surface area (TPSA) is 114 Å². The monoisotopic (exact) mass is 602 g/mol. The smallest absolute Gasteiger partial charge is 0.304 e. The number of hydrogen-bond donors (Lipinski definition) is 3. The van der Waals surface area contributed by atoms with Crippen LogP contribution < -0.4 is 15.4 Å². The summed E-state index contributed by atoms with van der Waals surface area (Å²) in [6.07, 6.45) is 1.39. The Kier molecular flexibility index (Phi) is 12.5. The second-order valence-corrected chi connectivity index (χ2v) is 12.3. The van der Waals surface area contributed by atoms with Crippen LogP contribution in [-0.2, 0) is 25.5 Å². The van der Waals surface area contributed by atoms with E-state index >= 15 is 0 Å². The van der Waals surface area contributed by atoms with Crippen LogP contribution in [0.5, 0.6) is 5.75 Å². The Labute approximate surface area is 261 Å². The van der Waals surface area contributed by atoms with E-state index in [0.717, 1.165) is 33.6 Å². The number of carbonyl (C=O) groups excluding carboxylic acids is 2. The number of benzene rings is 3. The molecule has 2 amide bonds. The van der Waals surface area contributed by atoms with Gasteiger partial charge in [-0.3, -0.25) is 14.4 Å². The van der Waals surface area contributed by atoms with Crippen molar-refractivity contribution in [3.05, 3.63) is 89.5 Å². The van der Waals surface area contributed by atoms with Crippen LogP contribution in [0.3, 0.4) is 0 Å². The molecule has 3 aromatic carbocycles. The Morgan fingerprint density at radius 3 is 2.23 bits per heavy atom. The Hall–Kier alpha value is -4.17. The molecule has 3 aromatic rings. The quantitative estimate of drug-likeness (QED) is 0.193. The summed E-state index contributed by atoms with van der Waals surface area (Å²) < 4.78 is 10.7. The van der Waals surface area contributed by atoms with Crippen molar-refractivity contribution in [1.29, 1.82) is 0 Å². The van der Waals surface area contributed by atoms with Crippen LogP contribution >= 0.6 is 0 Å². The van der Waals surface area contributed by atoms with E-state index in [9.17, 15) is 19.5 Å². The first-order valence-electron chi connectivity index (χ1n) is 15.0. The standard InChI is InChI=1S/C36H46N2O6/c1-24-20-25(18-19-30(24)27-15-11-17-29(21-27)44-6)12-10-16-28(22-32(39)40)34(41)38-33(36(2,3)4)35(42)37-31(23-43-5)26-13-8-7-9-14-26/h7-9,11,13-15,17-21,28,31,33H,10,12,16,22-23H2,1-6H3,(H,37,42)(H,38,41)(H,39,40). The predicted octanol–water partition coefficient (Wildman–Crippen LogP) is 6.12. The molecule has 0 saturated heterocycles. The summed E-state index contributed by atoms with van der Waals surface area (Å²) in [5, 5.41) is 15.5. The van der Waals surface area contributed by atoms with Gasteiger partial charge in [-0.15, -0.1) is 0 Å². The highest BCUT2D eigenvalue weighted by atomic mass is 16.5. The van der Waals surface area contributed by atoms with Gasteiger partial charge in [-0.2, -0.15) is 0 Å². The highest BCUT2D eigenvalue weighted by molar-refractivity contribution is 5.90. The molecule has 0 aliphatic carbocycles. The van der Waals surface area contributed by atoms with E-state index in [4.69, 9.17) is 9.47 Å². The van der Waals surface area contributed by atoms with E-state index in [2.05, 4.69) is 35.8 Å². The van der Waals surface area contributed by atoms with Crippen molar-refractivity contribution in [2.75, 3.05) is 20.8 Å². The average molecular weight is 603 g/mol. The molecule has 0 aliphatic heterocycles. The summed E-state index contributed by atoms with van der Waals surface area (Å²) in [4.78, 5) is 38.7. The maximum Gasteiger partial charge on any atom is 0.304 e. The largest absolute Gasteiger partial charge is 0.497 e. The summed E-state index contributed by atoms with van der Waals surface area (Å²) in [5.74, 6) is -1.81. The van der Waals surface area contributed by atoms with Crippen molar-refractivity contribution in [1.82, 2.24) is 10.6 Å². The third kappa shape index (κ3) is 9.95. The van der Waals surface area contributed by atoms with E-state index in [1.165, 1.54) is 0 Å². The lowest BCUT2D eigenvalue weighted by Crippen LogP contribution is -2.55. The first kappa shape index (κ1) is 34.3. The molecule has 236 valence electrons. The number of carboxylic acids is 1. The molecule has 0 aromatic heterocycles. The molecule has 8 nitrogen and oxygen atoms in total. The van der Waals surface area contributed by atoms with E-state index in [0.29, 0.717) is 19.3 Å². The summed E-state index contributed by atoms with van der Waals surface area (Å²) in [5.41, 5.74) is 4.68. The van der Waals surface area contributed by atoms with Gasteiger partial charge in [0.05, 0.1) is 26.2 Å².